The van der Waals surface area contributed by atoms with Gasteiger partial charge in [0.1, 0.15) is 5.78 Å². The van der Waals surface area contributed by atoms with Crippen molar-refractivity contribution >= 4 is 40.7 Å². The first-order valence-corrected chi connectivity index (χ1v) is 13.1. The van der Waals surface area contributed by atoms with Crippen LogP contribution in [0.1, 0.15) is 99.2 Å². The van der Waals surface area contributed by atoms with Crippen molar-refractivity contribution in [1.29, 1.82) is 0 Å². The topological polar surface area (TPSA) is 85.2 Å². The second-order valence-electron chi connectivity index (χ2n) is 11.6. The van der Waals surface area contributed by atoms with Crippen molar-refractivity contribution in [3.05, 3.63) is 45.5 Å². The van der Waals surface area contributed by atoms with Crippen molar-refractivity contribution in [3.63, 3.8) is 0 Å². The average molecular weight is 536 g/mol. The average Bonchev–Trinajstić information content (AvgIpc) is 3.12. The zero-order chi connectivity index (χ0) is 26.8. The van der Waals surface area contributed by atoms with Gasteiger partial charge in [-0.2, -0.15) is 5.10 Å². The number of nitrogens with zero attached hydrogens (tertiary/aromatic N) is 4. The molecule has 0 atom stereocenters. The largest absolute Gasteiger partial charge is 0.330 e. The van der Waals surface area contributed by atoms with E-state index < -0.39 is 0 Å². The molecule has 0 spiro atoms. The number of rotatable bonds is 8. The molecule has 2 aromatic heterocycles. The highest BCUT2D eigenvalue weighted by molar-refractivity contribution is 6.39. The van der Waals surface area contributed by atoms with Gasteiger partial charge in [-0.15, -0.1) is 0 Å². The maximum atomic E-state index is 13.7. The maximum absolute atomic E-state index is 13.7. The lowest BCUT2D eigenvalue weighted by Crippen LogP contribution is -2.41. The lowest BCUT2D eigenvalue weighted by Gasteiger charge is -2.37. The third-order valence-corrected chi connectivity index (χ3v) is 7.45. The van der Waals surface area contributed by atoms with Gasteiger partial charge < -0.3 is 9.69 Å². The molecule has 0 aromatic carbocycles. The standard InChI is InChI=1S/C27H36Cl2N4O3/c1-17(34)11-27(6)9-7-19(8-10-27)33-18(2)20(12-31-33)25(36)32(16-26(3,4)5)15-23(35)24-21(28)13-30-14-22(24)29/h12-14,19H,7-11,15-16H2,1-6H3. The lowest BCUT2D eigenvalue weighted by atomic mass is 9.71. The van der Waals surface area contributed by atoms with E-state index in [1.807, 2.05) is 32.4 Å². The highest BCUT2D eigenvalue weighted by atomic mass is 35.5. The van der Waals surface area contributed by atoms with Crippen molar-refractivity contribution < 1.29 is 14.4 Å². The number of ketones is 2. The Bertz CT molecular complexity index is 1120. The summed E-state index contributed by atoms with van der Waals surface area (Å²) in [5.74, 6) is -0.366. The summed E-state index contributed by atoms with van der Waals surface area (Å²) in [5, 5.41) is 4.90. The highest BCUT2D eigenvalue weighted by Gasteiger charge is 2.35. The molecule has 2 heterocycles. The van der Waals surface area contributed by atoms with Crippen LogP contribution in [0.25, 0.3) is 0 Å². The number of halogens is 2. The number of hydrogen-bond acceptors (Lipinski definition) is 5. The van der Waals surface area contributed by atoms with E-state index >= 15 is 0 Å². The van der Waals surface area contributed by atoms with E-state index in [1.165, 1.54) is 12.4 Å². The van der Waals surface area contributed by atoms with E-state index in [1.54, 1.807) is 18.0 Å². The summed E-state index contributed by atoms with van der Waals surface area (Å²) in [6, 6.07) is 0.179. The zero-order valence-electron chi connectivity index (χ0n) is 22.0. The predicted molar refractivity (Wildman–Crippen MR) is 142 cm³/mol. The molecule has 1 aliphatic rings. The molecule has 0 radical (unpaired) electrons. The molecule has 7 nitrogen and oxygen atoms in total. The van der Waals surface area contributed by atoms with Crippen LogP contribution in [0.3, 0.4) is 0 Å². The number of aromatic nitrogens is 3. The quantitative estimate of drug-likeness (QED) is 0.367. The SMILES string of the molecule is CC(=O)CC1(C)CCC(n2ncc(C(=O)N(CC(=O)c3c(Cl)cncc3Cl)CC(C)(C)C)c2C)CC1. The molecule has 36 heavy (non-hydrogen) atoms. The van der Waals surface area contributed by atoms with Crippen LogP contribution in [0, 0.1) is 17.8 Å². The monoisotopic (exact) mass is 534 g/mol. The minimum Gasteiger partial charge on any atom is -0.330 e. The molecule has 1 amide bonds. The van der Waals surface area contributed by atoms with Crippen LogP contribution in [-0.2, 0) is 4.79 Å². The van der Waals surface area contributed by atoms with E-state index in [4.69, 9.17) is 23.2 Å². The van der Waals surface area contributed by atoms with Crippen LogP contribution in [-0.4, -0.2) is 50.2 Å². The number of amides is 1. The molecule has 196 valence electrons. The first-order valence-electron chi connectivity index (χ1n) is 12.4. The molecular formula is C27H36Cl2N4O3. The Morgan fingerprint density at radius 1 is 1.11 bits per heavy atom. The van der Waals surface area contributed by atoms with Crippen LogP contribution in [0.4, 0.5) is 0 Å². The molecule has 3 rings (SSSR count). The molecule has 9 heteroatoms. The summed E-state index contributed by atoms with van der Waals surface area (Å²) >= 11 is 12.4. The first-order chi connectivity index (χ1) is 16.7. The smallest absolute Gasteiger partial charge is 0.257 e. The summed E-state index contributed by atoms with van der Waals surface area (Å²) in [6.45, 7) is 12.0. The molecule has 0 aliphatic heterocycles. The van der Waals surface area contributed by atoms with Crippen molar-refractivity contribution in [1.82, 2.24) is 19.7 Å². The highest BCUT2D eigenvalue weighted by Crippen LogP contribution is 2.43. The van der Waals surface area contributed by atoms with E-state index in [0.29, 0.717) is 18.5 Å². The normalized spacial score (nSPS) is 20.3. The fourth-order valence-corrected chi connectivity index (χ4v) is 5.77. The molecule has 0 bridgehead atoms. The Kier molecular flexibility index (Phi) is 8.67. The van der Waals surface area contributed by atoms with Gasteiger partial charge in [-0.05, 0) is 50.4 Å². The van der Waals surface area contributed by atoms with Gasteiger partial charge in [-0.25, -0.2) is 0 Å². The Balaban J connectivity index is 1.82. The van der Waals surface area contributed by atoms with Crippen molar-refractivity contribution in [3.8, 4) is 0 Å². The van der Waals surface area contributed by atoms with Gasteiger partial charge in [0.2, 0.25) is 0 Å². The van der Waals surface area contributed by atoms with Crippen molar-refractivity contribution in [2.45, 2.75) is 79.7 Å². The van der Waals surface area contributed by atoms with E-state index in [-0.39, 0.29) is 56.5 Å². The van der Waals surface area contributed by atoms with Gasteiger partial charge in [0.15, 0.2) is 5.78 Å². The summed E-state index contributed by atoms with van der Waals surface area (Å²) in [7, 11) is 0. The lowest BCUT2D eigenvalue weighted by molar-refractivity contribution is -0.119. The van der Waals surface area contributed by atoms with E-state index in [2.05, 4.69) is 17.0 Å². The Morgan fingerprint density at radius 3 is 2.22 bits per heavy atom. The number of carbonyl (C=O) groups excluding carboxylic acids is 3. The van der Waals surface area contributed by atoms with Gasteiger partial charge in [0.25, 0.3) is 5.91 Å². The van der Waals surface area contributed by atoms with Crippen LogP contribution in [0.5, 0.6) is 0 Å². The summed E-state index contributed by atoms with van der Waals surface area (Å²) < 4.78 is 1.94. The Labute approximate surface area is 223 Å². The van der Waals surface area contributed by atoms with Crippen molar-refractivity contribution in [2.24, 2.45) is 10.8 Å². The molecule has 1 fully saturated rings. The van der Waals surface area contributed by atoms with Gasteiger partial charge in [-0.1, -0.05) is 50.9 Å². The summed E-state index contributed by atoms with van der Waals surface area (Å²) in [5.41, 5.74) is 1.23. The summed E-state index contributed by atoms with van der Waals surface area (Å²) in [6.07, 6.45) is 8.64. The molecule has 0 saturated heterocycles. The first kappa shape index (κ1) is 28.3. The fraction of sp³-hybridized carbons (Fsp3) is 0.593. The van der Waals surface area contributed by atoms with Gasteiger partial charge in [-0.3, -0.25) is 19.3 Å². The maximum Gasteiger partial charge on any atom is 0.257 e. The Morgan fingerprint density at radius 2 is 1.69 bits per heavy atom. The second-order valence-corrected chi connectivity index (χ2v) is 12.4. The fourth-order valence-electron chi connectivity index (χ4n) is 5.20. The molecular weight excluding hydrogens is 499 g/mol. The van der Waals surface area contributed by atoms with Gasteiger partial charge in [0, 0.05) is 31.1 Å². The van der Waals surface area contributed by atoms with Crippen LogP contribution in [0.15, 0.2) is 18.6 Å². The number of Topliss-reactive ketones (excluding diaryl/α,β-unsaturated/α-hetero) is 2. The third-order valence-electron chi connectivity index (χ3n) is 6.88. The summed E-state index contributed by atoms with van der Waals surface area (Å²) in [4.78, 5) is 44.0. The number of carbonyl (C=O) groups is 3. The molecule has 0 N–H and O–H groups in total. The molecule has 0 unspecified atom stereocenters. The molecule has 2 aromatic rings. The zero-order valence-corrected chi connectivity index (χ0v) is 23.5. The molecule has 1 saturated carbocycles. The predicted octanol–water partition coefficient (Wildman–Crippen LogP) is 6.37. The minimum absolute atomic E-state index is 0.0292. The number of hydrogen-bond donors (Lipinski definition) is 0. The second kappa shape index (κ2) is 11.0. The van der Waals surface area contributed by atoms with Crippen LogP contribution in [0.2, 0.25) is 10.0 Å². The number of pyridine rings is 1. The Hall–Kier alpha value is -2.25. The molecule has 1 aliphatic carbocycles. The van der Waals surface area contributed by atoms with Crippen LogP contribution < -0.4 is 0 Å². The minimum atomic E-state index is -0.341. The van der Waals surface area contributed by atoms with E-state index in [9.17, 15) is 14.4 Å². The van der Waals surface area contributed by atoms with Gasteiger partial charge in [0.05, 0.1) is 40.0 Å². The van der Waals surface area contributed by atoms with Crippen LogP contribution >= 0.6 is 23.2 Å². The van der Waals surface area contributed by atoms with Gasteiger partial charge >= 0.3 is 0 Å². The van der Waals surface area contributed by atoms with Crippen molar-refractivity contribution in [2.75, 3.05) is 13.1 Å². The third kappa shape index (κ3) is 6.74. The van der Waals surface area contributed by atoms with E-state index in [0.717, 1.165) is 31.4 Å².